The molecule has 1 fully saturated rings. The second kappa shape index (κ2) is 3.61. The Morgan fingerprint density at radius 3 is 2.93 bits per heavy atom. The van der Waals surface area contributed by atoms with Crippen molar-refractivity contribution in [3.63, 3.8) is 0 Å². The number of aliphatic hydroxyl groups is 1. The third kappa shape index (κ3) is 1.58. The highest BCUT2D eigenvalue weighted by Gasteiger charge is 2.54. The van der Waals surface area contributed by atoms with Crippen molar-refractivity contribution in [2.24, 2.45) is 11.1 Å². The highest BCUT2D eigenvalue weighted by Crippen LogP contribution is 2.58. The first-order valence-corrected chi connectivity index (χ1v) is 5.47. The average molecular weight is 209 g/mol. The van der Waals surface area contributed by atoms with E-state index in [4.69, 9.17) is 5.73 Å². The Bertz CT molecular complexity index is 341. The number of nitrogens with two attached hydrogens (primary N) is 1. The second-order valence-electron chi connectivity index (χ2n) is 4.80. The molecule has 0 saturated heterocycles. The van der Waals surface area contributed by atoms with Crippen molar-refractivity contribution in [2.75, 3.05) is 13.2 Å². The van der Waals surface area contributed by atoms with Gasteiger partial charge in [-0.2, -0.15) is 0 Å². The van der Waals surface area contributed by atoms with Crippen LogP contribution < -0.4 is 5.73 Å². The zero-order valence-corrected chi connectivity index (χ0v) is 9.35. The molecule has 4 nitrogen and oxygen atoms in total. The SMILES string of the molecule is CC(C)n1cncc1C1CC1(CN)CO. The monoisotopic (exact) mass is 209 g/mol. The summed E-state index contributed by atoms with van der Waals surface area (Å²) >= 11 is 0. The van der Waals surface area contributed by atoms with Crippen molar-refractivity contribution in [2.45, 2.75) is 32.2 Å². The molecule has 1 aromatic heterocycles. The van der Waals surface area contributed by atoms with E-state index < -0.39 is 0 Å². The zero-order valence-electron chi connectivity index (χ0n) is 9.35. The Kier molecular flexibility index (Phi) is 2.56. The van der Waals surface area contributed by atoms with Crippen LogP contribution in [0.4, 0.5) is 0 Å². The van der Waals surface area contributed by atoms with Gasteiger partial charge in [-0.25, -0.2) is 4.98 Å². The molecule has 0 amide bonds. The normalized spacial score (nSPS) is 29.8. The molecule has 0 radical (unpaired) electrons. The smallest absolute Gasteiger partial charge is 0.0950 e. The first-order chi connectivity index (χ1) is 7.14. The standard InChI is InChI=1S/C11H19N3O/c1-8(2)14-7-13-4-10(14)9-3-11(9,5-12)6-15/h4,7-9,15H,3,5-6,12H2,1-2H3. The molecule has 1 aliphatic carbocycles. The van der Waals surface area contributed by atoms with E-state index in [2.05, 4.69) is 23.4 Å². The highest BCUT2D eigenvalue weighted by atomic mass is 16.3. The van der Waals surface area contributed by atoms with Crippen molar-refractivity contribution >= 4 is 0 Å². The summed E-state index contributed by atoms with van der Waals surface area (Å²) in [6.45, 7) is 5.00. The van der Waals surface area contributed by atoms with Crippen molar-refractivity contribution in [1.82, 2.24) is 9.55 Å². The van der Waals surface area contributed by atoms with Crippen LogP contribution in [0.5, 0.6) is 0 Å². The second-order valence-corrected chi connectivity index (χ2v) is 4.80. The molecule has 1 aliphatic rings. The minimum atomic E-state index is -0.0767. The summed E-state index contributed by atoms with van der Waals surface area (Å²) in [6, 6.07) is 0.414. The molecule has 2 atom stereocenters. The van der Waals surface area contributed by atoms with Crippen molar-refractivity contribution in [1.29, 1.82) is 0 Å². The van der Waals surface area contributed by atoms with E-state index in [1.165, 1.54) is 5.69 Å². The summed E-state index contributed by atoms with van der Waals surface area (Å²) in [5.74, 6) is 0.386. The quantitative estimate of drug-likeness (QED) is 0.774. The molecule has 15 heavy (non-hydrogen) atoms. The van der Waals surface area contributed by atoms with E-state index in [0.717, 1.165) is 6.42 Å². The highest BCUT2D eigenvalue weighted by molar-refractivity contribution is 5.24. The molecular formula is C11H19N3O. The molecule has 0 bridgehead atoms. The number of nitrogens with zero attached hydrogens (tertiary/aromatic N) is 2. The molecule has 4 heteroatoms. The molecule has 1 heterocycles. The van der Waals surface area contributed by atoms with Gasteiger partial charge in [0.05, 0.1) is 12.9 Å². The predicted molar refractivity (Wildman–Crippen MR) is 58.5 cm³/mol. The fraction of sp³-hybridized carbons (Fsp3) is 0.727. The van der Waals surface area contributed by atoms with E-state index in [1.54, 1.807) is 0 Å². The lowest BCUT2D eigenvalue weighted by atomic mass is 10.0. The van der Waals surface area contributed by atoms with Crippen molar-refractivity contribution in [3.05, 3.63) is 18.2 Å². The number of hydrogen-bond acceptors (Lipinski definition) is 3. The average Bonchev–Trinajstić information content (AvgIpc) is 2.75. The first kappa shape index (κ1) is 10.6. The lowest BCUT2D eigenvalue weighted by molar-refractivity contribution is 0.210. The third-order valence-electron chi connectivity index (χ3n) is 3.52. The molecule has 84 valence electrons. The molecule has 1 aromatic rings. The van der Waals surface area contributed by atoms with Crippen molar-refractivity contribution < 1.29 is 5.11 Å². The fourth-order valence-electron chi connectivity index (χ4n) is 2.25. The van der Waals surface area contributed by atoms with Crippen LogP contribution in [0.3, 0.4) is 0 Å². The van der Waals surface area contributed by atoms with Crippen LogP contribution in [0.1, 0.15) is 37.9 Å². The van der Waals surface area contributed by atoms with Gasteiger partial charge in [0.15, 0.2) is 0 Å². The van der Waals surface area contributed by atoms with Crippen LogP contribution in [-0.4, -0.2) is 27.8 Å². The first-order valence-electron chi connectivity index (χ1n) is 5.47. The van der Waals surface area contributed by atoms with Gasteiger partial charge >= 0.3 is 0 Å². The van der Waals surface area contributed by atoms with Gasteiger partial charge in [0.25, 0.3) is 0 Å². The number of aliphatic hydroxyl groups excluding tert-OH is 1. The van der Waals surface area contributed by atoms with Crippen LogP contribution in [-0.2, 0) is 0 Å². The van der Waals surface area contributed by atoms with Crippen LogP contribution in [0.2, 0.25) is 0 Å². The van der Waals surface area contributed by atoms with Gasteiger partial charge in [-0.3, -0.25) is 0 Å². The molecule has 0 aliphatic heterocycles. The van der Waals surface area contributed by atoms with Gasteiger partial charge in [-0.05, 0) is 20.3 Å². The van der Waals surface area contributed by atoms with Gasteiger partial charge in [0, 0.05) is 35.8 Å². The Hall–Kier alpha value is -0.870. The van der Waals surface area contributed by atoms with E-state index in [0.29, 0.717) is 18.5 Å². The van der Waals surface area contributed by atoms with Crippen LogP contribution in [0, 0.1) is 5.41 Å². The summed E-state index contributed by atoms with van der Waals surface area (Å²) < 4.78 is 2.16. The van der Waals surface area contributed by atoms with E-state index >= 15 is 0 Å². The van der Waals surface area contributed by atoms with Gasteiger partial charge in [0.2, 0.25) is 0 Å². The number of hydrogen-bond donors (Lipinski definition) is 2. The maximum Gasteiger partial charge on any atom is 0.0950 e. The Morgan fingerprint density at radius 2 is 2.47 bits per heavy atom. The lowest BCUT2D eigenvalue weighted by Gasteiger charge is -2.15. The topological polar surface area (TPSA) is 64.1 Å². The molecule has 1 saturated carbocycles. The molecule has 2 rings (SSSR count). The zero-order chi connectivity index (χ0) is 11.1. The maximum atomic E-state index is 9.35. The number of imidazole rings is 1. The Morgan fingerprint density at radius 1 is 1.73 bits per heavy atom. The van der Waals surface area contributed by atoms with Gasteiger partial charge in [-0.15, -0.1) is 0 Å². The predicted octanol–water partition coefficient (Wildman–Crippen LogP) is 0.889. The summed E-state index contributed by atoms with van der Waals surface area (Å²) in [5, 5.41) is 9.35. The van der Waals surface area contributed by atoms with E-state index in [1.807, 2.05) is 12.5 Å². The summed E-state index contributed by atoms with van der Waals surface area (Å²) in [6.07, 6.45) is 4.74. The van der Waals surface area contributed by atoms with E-state index in [9.17, 15) is 5.11 Å². The summed E-state index contributed by atoms with van der Waals surface area (Å²) in [5.41, 5.74) is 6.85. The lowest BCUT2D eigenvalue weighted by Crippen LogP contribution is -2.22. The maximum absolute atomic E-state index is 9.35. The minimum absolute atomic E-state index is 0.0767. The van der Waals surface area contributed by atoms with Gasteiger partial charge in [-0.1, -0.05) is 0 Å². The number of rotatable bonds is 4. The molecule has 0 aromatic carbocycles. The molecule has 3 N–H and O–H groups in total. The minimum Gasteiger partial charge on any atom is -0.396 e. The largest absolute Gasteiger partial charge is 0.396 e. The van der Waals surface area contributed by atoms with Crippen LogP contribution in [0.15, 0.2) is 12.5 Å². The van der Waals surface area contributed by atoms with Crippen molar-refractivity contribution in [3.8, 4) is 0 Å². The van der Waals surface area contributed by atoms with Crippen LogP contribution in [0.25, 0.3) is 0 Å². The summed E-state index contributed by atoms with van der Waals surface area (Å²) in [4.78, 5) is 4.18. The number of aromatic nitrogens is 2. The molecular weight excluding hydrogens is 190 g/mol. The Balaban J connectivity index is 2.22. The Labute approximate surface area is 90.1 Å². The van der Waals surface area contributed by atoms with Gasteiger partial charge in [0.1, 0.15) is 0 Å². The third-order valence-corrected chi connectivity index (χ3v) is 3.52. The van der Waals surface area contributed by atoms with Gasteiger partial charge < -0.3 is 15.4 Å². The van der Waals surface area contributed by atoms with E-state index in [-0.39, 0.29) is 12.0 Å². The molecule has 2 unspecified atom stereocenters. The fourth-order valence-corrected chi connectivity index (χ4v) is 2.25. The summed E-state index contributed by atoms with van der Waals surface area (Å²) in [7, 11) is 0. The van der Waals surface area contributed by atoms with Crippen LogP contribution >= 0.6 is 0 Å². The molecule has 0 spiro atoms.